The summed E-state index contributed by atoms with van der Waals surface area (Å²) in [4.78, 5) is 35.6. The van der Waals surface area contributed by atoms with Crippen LogP contribution in [0.5, 0.6) is 5.75 Å². The van der Waals surface area contributed by atoms with Gasteiger partial charge in [0.25, 0.3) is 11.5 Å². The summed E-state index contributed by atoms with van der Waals surface area (Å²) < 4.78 is 1.02. The van der Waals surface area contributed by atoms with Crippen molar-refractivity contribution in [1.82, 2.24) is 15.1 Å². The van der Waals surface area contributed by atoms with Gasteiger partial charge >= 0.3 is 5.97 Å². The molecule has 1 heterocycles. The fourth-order valence-electron chi connectivity index (χ4n) is 2.44. The van der Waals surface area contributed by atoms with Gasteiger partial charge in [-0.3, -0.25) is 14.4 Å². The van der Waals surface area contributed by atoms with Crippen molar-refractivity contribution in [2.45, 2.75) is 26.3 Å². The van der Waals surface area contributed by atoms with E-state index in [2.05, 4.69) is 10.4 Å². The molecule has 27 heavy (non-hydrogen) atoms. The van der Waals surface area contributed by atoms with E-state index >= 15 is 0 Å². The predicted octanol–water partition coefficient (Wildman–Crippen LogP) is 0.807. The Morgan fingerprint density at radius 1 is 1.37 bits per heavy atom. The molecule has 2 rings (SSSR count). The number of carboxylic acid groups (broad SMARTS) is 1. The van der Waals surface area contributed by atoms with E-state index in [-0.39, 0.29) is 18.2 Å². The Kier molecular flexibility index (Phi) is 5.92. The molecule has 0 radical (unpaired) electrons. The van der Waals surface area contributed by atoms with Gasteiger partial charge in [0.15, 0.2) is 5.75 Å². The molecule has 1 aromatic heterocycles. The molecule has 0 aliphatic carbocycles. The van der Waals surface area contributed by atoms with Gasteiger partial charge in [-0.15, -0.1) is 0 Å². The summed E-state index contributed by atoms with van der Waals surface area (Å²) in [5.74, 6) is -3.15. The monoisotopic (exact) mass is 370 g/mol. The van der Waals surface area contributed by atoms with Crippen molar-refractivity contribution in [3.8, 4) is 11.8 Å². The van der Waals surface area contributed by atoms with Crippen molar-refractivity contribution in [3.63, 3.8) is 0 Å². The number of nitriles is 1. The van der Waals surface area contributed by atoms with E-state index < -0.39 is 35.3 Å². The molecule has 0 unspecified atom stereocenters. The molecule has 140 valence electrons. The normalized spacial score (nSPS) is 10.4. The molecular weight excluding hydrogens is 352 g/mol. The van der Waals surface area contributed by atoms with Crippen LogP contribution in [0.2, 0.25) is 0 Å². The number of aliphatic carboxylic acids is 1. The highest BCUT2D eigenvalue weighted by molar-refractivity contribution is 5.98. The molecule has 9 nitrogen and oxygen atoms in total. The number of benzene rings is 1. The Morgan fingerprint density at radius 2 is 2.07 bits per heavy atom. The topological polar surface area (TPSA) is 145 Å². The van der Waals surface area contributed by atoms with Crippen LogP contribution in [0, 0.1) is 11.3 Å². The van der Waals surface area contributed by atoms with Gasteiger partial charge in [-0.05, 0) is 17.7 Å². The third-order valence-corrected chi connectivity index (χ3v) is 3.72. The minimum Gasteiger partial charge on any atom is -0.505 e. The molecule has 1 amide bonds. The van der Waals surface area contributed by atoms with E-state index in [0.717, 1.165) is 4.68 Å². The first-order valence-corrected chi connectivity index (χ1v) is 8.07. The summed E-state index contributed by atoms with van der Waals surface area (Å²) in [6.45, 7) is 2.74. The van der Waals surface area contributed by atoms with Crippen LogP contribution in [0.4, 0.5) is 0 Å². The van der Waals surface area contributed by atoms with E-state index in [4.69, 9.17) is 10.4 Å². The largest absolute Gasteiger partial charge is 0.505 e. The first-order chi connectivity index (χ1) is 12.7. The first kappa shape index (κ1) is 19.7. The molecular formula is C18H18N4O5. The maximum absolute atomic E-state index is 12.7. The number of hydrogen-bond acceptors (Lipinski definition) is 6. The van der Waals surface area contributed by atoms with Crippen molar-refractivity contribution < 1.29 is 19.8 Å². The Morgan fingerprint density at radius 3 is 2.67 bits per heavy atom. The number of nitrogens with one attached hydrogen (secondary N) is 1. The van der Waals surface area contributed by atoms with Gasteiger partial charge in [-0.2, -0.15) is 10.4 Å². The average Bonchev–Trinajstić information content (AvgIpc) is 2.62. The predicted molar refractivity (Wildman–Crippen MR) is 94.5 cm³/mol. The molecule has 9 heteroatoms. The lowest BCUT2D eigenvalue weighted by Crippen LogP contribution is -2.37. The summed E-state index contributed by atoms with van der Waals surface area (Å²) >= 11 is 0. The second-order valence-corrected chi connectivity index (χ2v) is 6.11. The molecule has 3 N–H and O–H groups in total. The van der Waals surface area contributed by atoms with Gasteiger partial charge in [0.2, 0.25) is 0 Å². The second-order valence-electron chi connectivity index (χ2n) is 6.11. The molecule has 0 aliphatic heterocycles. The van der Waals surface area contributed by atoms with E-state index in [9.17, 15) is 19.5 Å². The van der Waals surface area contributed by atoms with Gasteiger partial charge in [0.1, 0.15) is 17.8 Å². The number of carbonyl (C=O) groups is 2. The Balaban J connectivity index is 2.54. The highest BCUT2D eigenvalue weighted by atomic mass is 16.4. The number of amides is 1. The van der Waals surface area contributed by atoms with Crippen LogP contribution in [0.15, 0.2) is 29.1 Å². The lowest BCUT2D eigenvalue weighted by atomic mass is 10.1. The van der Waals surface area contributed by atoms with Crippen LogP contribution in [0.1, 0.15) is 46.9 Å². The van der Waals surface area contributed by atoms with Gasteiger partial charge in [0, 0.05) is 5.92 Å². The molecule has 0 atom stereocenters. The lowest BCUT2D eigenvalue weighted by Gasteiger charge is -2.15. The lowest BCUT2D eigenvalue weighted by molar-refractivity contribution is -0.135. The maximum atomic E-state index is 12.7. The van der Waals surface area contributed by atoms with Gasteiger partial charge in [-0.1, -0.05) is 26.0 Å². The number of carbonyl (C=O) groups excluding carboxylic acids is 1. The number of carboxylic acids is 1. The summed E-state index contributed by atoms with van der Waals surface area (Å²) in [6, 6.07) is 8.54. The SMILES string of the molecule is CC(C)c1nn(Cc2cccc(C#N)c2)c(=O)c(C(=O)NCC(=O)O)c1O. The minimum absolute atomic E-state index is 0.0203. The Bertz CT molecular complexity index is 988. The molecule has 0 fully saturated rings. The zero-order valence-corrected chi connectivity index (χ0v) is 14.8. The van der Waals surface area contributed by atoms with Crippen molar-refractivity contribution >= 4 is 11.9 Å². The van der Waals surface area contributed by atoms with Crippen LogP contribution in [0.3, 0.4) is 0 Å². The highest BCUT2D eigenvalue weighted by Gasteiger charge is 2.24. The smallest absolute Gasteiger partial charge is 0.322 e. The average molecular weight is 370 g/mol. The van der Waals surface area contributed by atoms with Gasteiger partial charge in [-0.25, -0.2) is 4.68 Å². The maximum Gasteiger partial charge on any atom is 0.322 e. The third kappa shape index (κ3) is 4.49. The van der Waals surface area contributed by atoms with E-state index in [1.54, 1.807) is 38.1 Å². The first-order valence-electron chi connectivity index (χ1n) is 8.07. The Labute approximate surface area is 154 Å². The van der Waals surface area contributed by atoms with E-state index in [1.807, 2.05) is 6.07 Å². The number of aromatic nitrogens is 2. The fourth-order valence-corrected chi connectivity index (χ4v) is 2.44. The van der Waals surface area contributed by atoms with Gasteiger partial charge in [0.05, 0.1) is 18.2 Å². The number of rotatable bonds is 6. The van der Waals surface area contributed by atoms with Crippen LogP contribution >= 0.6 is 0 Å². The zero-order chi connectivity index (χ0) is 20.1. The number of aromatic hydroxyl groups is 1. The van der Waals surface area contributed by atoms with Crippen molar-refractivity contribution in [1.29, 1.82) is 5.26 Å². The molecule has 1 aromatic carbocycles. The molecule has 0 saturated heterocycles. The van der Waals surface area contributed by atoms with Crippen molar-refractivity contribution in [2.24, 2.45) is 0 Å². The highest BCUT2D eigenvalue weighted by Crippen LogP contribution is 2.24. The van der Waals surface area contributed by atoms with Crippen molar-refractivity contribution in [2.75, 3.05) is 6.54 Å². The van der Waals surface area contributed by atoms with Crippen LogP contribution in [-0.2, 0) is 11.3 Å². The zero-order valence-electron chi connectivity index (χ0n) is 14.8. The molecule has 0 saturated carbocycles. The summed E-state index contributed by atoms with van der Waals surface area (Å²) in [6.07, 6.45) is 0. The van der Waals surface area contributed by atoms with Crippen LogP contribution in [-0.4, -0.2) is 38.4 Å². The molecule has 2 aromatic rings. The summed E-state index contributed by atoms with van der Waals surface area (Å²) in [5.41, 5.74) is -0.274. The molecule has 0 spiro atoms. The summed E-state index contributed by atoms with van der Waals surface area (Å²) in [7, 11) is 0. The summed E-state index contributed by atoms with van der Waals surface area (Å²) in [5, 5.41) is 34.2. The quantitative estimate of drug-likeness (QED) is 0.682. The second kappa shape index (κ2) is 8.14. The minimum atomic E-state index is -1.28. The number of hydrogen-bond donors (Lipinski definition) is 3. The van der Waals surface area contributed by atoms with Gasteiger partial charge < -0.3 is 15.5 Å². The Hall–Kier alpha value is -3.67. The third-order valence-electron chi connectivity index (χ3n) is 3.72. The fraction of sp³-hybridized carbons (Fsp3) is 0.278. The molecule has 0 bridgehead atoms. The standard InChI is InChI=1S/C18H18N4O5/c1-10(2)15-16(25)14(17(26)20-8-13(23)24)18(27)22(21-15)9-12-5-3-4-11(6-12)7-19/h3-6,10,25H,8-9H2,1-2H3,(H,20,26)(H,23,24). The number of nitrogens with zero attached hydrogens (tertiary/aromatic N) is 3. The van der Waals surface area contributed by atoms with Crippen LogP contribution < -0.4 is 10.9 Å². The van der Waals surface area contributed by atoms with Crippen molar-refractivity contribution in [3.05, 3.63) is 57.0 Å². The van der Waals surface area contributed by atoms with E-state index in [0.29, 0.717) is 11.1 Å². The molecule has 0 aliphatic rings. The van der Waals surface area contributed by atoms with Crippen LogP contribution in [0.25, 0.3) is 0 Å². The van der Waals surface area contributed by atoms with E-state index in [1.165, 1.54) is 0 Å².